The Kier molecular flexibility index (Phi) is 4.79. The largest absolute Gasteiger partial charge is 0.354 e. The van der Waals surface area contributed by atoms with Gasteiger partial charge in [-0.1, -0.05) is 58.5 Å². The summed E-state index contributed by atoms with van der Waals surface area (Å²) >= 11 is 0. The molecule has 1 aromatic carbocycles. The number of nitrogens with one attached hydrogen (secondary N) is 1. The molecule has 2 nitrogen and oxygen atoms in total. The van der Waals surface area contributed by atoms with Crippen LogP contribution >= 0.6 is 0 Å². The molecule has 0 amide bonds. The third-order valence-corrected chi connectivity index (χ3v) is 3.62. The fourth-order valence-electron chi connectivity index (χ4n) is 2.45. The van der Waals surface area contributed by atoms with Gasteiger partial charge in [-0.05, 0) is 35.1 Å². The van der Waals surface area contributed by atoms with Gasteiger partial charge in [-0.3, -0.25) is 4.98 Å². The predicted octanol–water partition coefficient (Wildman–Crippen LogP) is 5.41. The van der Waals surface area contributed by atoms with Crippen LogP contribution in [0.15, 0.2) is 49.2 Å². The zero-order valence-electron chi connectivity index (χ0n) is 13.4. The van der Waals surface area contributed by atoms with Crippen LogP contribution in [-0.2, 0) is 0 Å². The van der Waals surface area contributed by atoms with E-state index in [0.29, 0.717) is 11.8 Å². The first-order valence-electron chi connectivity index (χ1n) is 7.50. The summed E-state index contributed by atoms with van der Waals surface area (Å²) in [5.74, 6) is 0.922. The molecule has 2 rings (SSSR count). The van der Waals surface area contributed by atoms with Crippen LogP contribution in [0.25, 0.3) is 5.70 Å². The summed E-state index contributed by atoms with van der Waals surface area (Å²) in [6, 6.07) is 12.4. The first kappa shape index (κ1) is 15.3. The maximum absolute atomic E-state index is 4.36. The van der Waals surface area contributed by atoms with Crippen LogP contribution in [-0.4, -0.2) is 4.98 Å². The molecule has 1 heterocycles. The lowest BCUT2D eigenvalue weighted by Gasteiger charge is -2.21. The van der Waals surface area contributed by atoms with Crippen molar-refractivity contribution in [2.24, 2.45) is 0 Å². The molecule has 0 saturated carbocycles. The number of nitrogens with zero attached hydrogens (tertiary/aromatic N) is 1. The average molecular weight is 280 g/mol. The fourth-order valence-corrected chi connectivity index (χ4v) is 2.45. The lowest BCUT2D eigenvalue weighted by Crippen LogP contribution is -2.07. The summed E-state index contributed by atoms with van der Waals surface area (Å²) in [6.45, 7) is 13.0. The molecule has 0 saturated heterocycles. The Labute approximate surface area is 127 Å². The Morgan fingerprint density at radius 2 is 1.57 bits per heavy atom. The van der Waals surface area contributed by atoms with Crippen molar-refractivity contribution in [2.45, 2.75) is 39.5 Å². The van der Waals surface area contributed by atoms with Crippen LogP contribution in [0.5, 0.6) is 0 Å². The molecule has 2 heteroatoms. The van der Waals surface area contributed by atoms with Crippen molar-refractivity contribution in [1.29, 1.82) is 0 Å². The Morgan fingerprint density at radius 3 is 2.05 bits per heavy atom. The van der Waals surface area contributed by atoms with Gasteiger partial charge in [-0.2, -0.15) is 0 Å². The van der Waals surface area contributed by atoms with Crippen molar-refractivity contribution >= 4 is 11.4 Å². The van der Waals surface area contributed by atoms with E-state index in [1.807, 2.05) is 18.2 Å². The number of hydrogen-bond donors (Lipinski definition) is 1. The second kappa shape index (κ2) is 6.57. The molecule has 21 heavy (non-hydrogen) atoms. The summed E-state index contributed by atoms with van der Waals surface area (Å²) in [7, 11) is 0. The molecule has 0 spiro atoms. The molecule has 0 aliphatic heterocycles. The summed E-state index contributed by atoms with van der Waals surface area (Å²) in [4.78, 5) is 4.36. The van der Waals surface area contributed by atoms with Crippen LogP contribution in [0.4, 0.5) is 5.69 Å². The zero-order valence-corrected chi connectivity index (χ0v) is 13.4. The monoisotopic (exact) mass is 280 g/mol. The molecule has 110 valence electrons. The smallest absolute Gasteiger partial charge is 0.0858 e. The standard InChI is InChI=1S/C19H24N2/c1-13(2)16-9-8-10-17(14(3)4)19(16)21-15(5)18-11-6-7-12-20-18/h6-14,21H,5H2,1-4H3. The van der Waals surface area contributed by atoms with Crippen LogP contribution in [0.3, 0.4) is 0 Å². The van der Waals surface area contributed by atoms with Crippen LogP contribution < -0.4 is 5.32 Å². The number of aromatic nitrogens is 1. The van der Waals surface area contributed by atoms with Gasteiger partial charge in [-0.25, -0.2) is 0 Å². The van der Waals surface area contributed by atoms with Crippen molar-refractivity contribution in [2.75, 3.05) is 5.32 Å². The highest BCUT2D eigenvalue weighted by atomic mass is 14.9. The number of hydrogen-bond acceptors (Lipinski definition) is 2. The molecule has 0 atom stereocenters. The summed E-state index contributed by atoms with van der Waals surface area (Å²) in [5, 5.41) is 3.50. The topological polar surface area (TPSA) is 24.9 Å². The molecule has 2 aromatic rings. The van der Waals surface area contributed by atoms with Gasteiger partial charge in [-0.15, -0.1) is 0 Å². The molecular formula is C19H24N2. The third-order valence-electron chi connectivity index (χ3n) is 3.62. The molecule has 0 fully saturated rings. The first-order chi connectivity index (χ1) is 10.0. The van der Waals surface area contributed by atoms with Crippen molar-refractivity contribution in [3.05, 3.63) is 66.0 Å². The minimum absolute atomic E-state index is 0.461. The van der Waals surface area contributed by atoms with Gasteiger partial charge in [0.15, 0.2) is 0 Å². The van der Waals surface area contributed by atoms with Crippen LogP contribution in [0, 0.1) is 0 Å². The van der Waals surface area contributed by atoms with Gasteiger partial charge in [0.2, 0.25) is 0 Å². The Balaban J connectivity index is 2.40. The van der Waals surface area contributed by atoms with E-state index in [4.69, 9.17) is 0 Å². The number of benzene rings is 1. The molecule has 0 bridgehead atoms. The van der Waals surface area contributed by atoms with E-state index in [1.165, 1.54) is 16.8 Å². The summed E-state index contributed by atoms with van der Waals surface area (Å²) in [6.07, 6.45) is 1.79. The molecule has 0 aliphatic rings. The lowest BCUT2D eigenvalue weighted by molar-refractivity contribution is 0.838. The van der Waals surface area contributed by atoms with Crippen molar-refractivity contribution < 1.29 is 0 Å². The Morgan fingerprint density at radius 1 is 0.952 bits per heavy atom. The second-order valence-electron chi connectivity index (χ2n) is 5.94. The second-order valence-corrected chi connectivity index (χ2v) is 5.94. The minimum atomic E-state index is 0.461. The van der Waals surface area contributed by atoms with Crippen molar-refractivity contribution in [3.8, 4) is 0 Å². The fraction of sp³-hybridized carbons (Fsp3) is 0.316. The van der Waals surface area contributed by atoms with Crippen LogP contribution in [0.2, 0.25) is 0 Å². The Hall–Kier alpha value is -2.09. The number of pyridine rings is 1. The summed E-state index contributed by atoms with van der Waals surface area (Å²) < 4.78 is 0. The molecule has 0 aliphatic carbocycles. The number of rotatable bonds is 5. The predicted molar refractivity (Wildman–Crippen MR) is 91.5 cm³/mol. The SMILES string of the molecule is C=C(Nc1c(C(C)C)cccc1C(C)C)c1ccccn1. The maximum atomic E-state index is 4.36. The van der Waals surface area contributed by atoms with E-state index in [-0.39, 0.29) is 0 Å². The first-order valence-corrected chi connectivity index (χ1v) is 7.50. The maximum Gasteiger partial charge on any atom is 0.0858 e. The lowest BCUT2D eigenvalue weighted by atomic mass is 9.92. The molecule has 1 aromatic heterocycles. The van der Waals surface area contributed by atoms with Gasteiger partial charge in [0, 0.05) is 11.9 Å². The normalized spacial score (nSPS) is 11.0. The van der Waals surface area contributed by atoms with Gasteiger partial charge in [0.05, 0.1) is 11.4 Å². The van der Waals surface area contributed by atoms with E-state index in [0.717, 1.165) is 11.4 Å². The molecule has 0 unspecified atom stereocenters. The van der Waals surface area contributed by atoms with Gasteiger partial charge in [0.1, 0.15) is 0 Å². The highest BCUT2D eigenvalue weighted by Crippen LogP contribution is 2.34. The molecular weight excluding hydrogens is 256 g/mol. The Bertz CT molecular complexity index is 586. The van der Waals surface area contributed by atoms with Gasteiger partial charge in [0.25, 0.3) is 0 Å². The van der Waals surface area contributed by atoms with Gasteiger partial charge >= 0.3 is 0 Å². The minimum Gasteiger partial charge on any atom is -0.354 e. The van der Waals surface area contributed by atoms with Crippen molar-refractivity contribution in [1.82, 2.24) is 4.98 Å². The number of anilines is 1. The van der Waals surface area contributed by atoms with Crippen LogP contribution in [0.1, 0.15) is 56.4 Å². The highest BCUT2D eigenvalue weighted by molar-refractivity contribution is 5.77. The van der Waals surface area contributed by atoms with Crippen molar-refractivity contribution in [3.63, 3.8) is 0 Å². The average Bonchev–Trinajstić information content (AvgIpc) is 2.47. The highest BCUT2D eigenvalue weighted by Gasteiger charge is 2.14. The van der Waals surface area contributed by atoms with E-state index in [2.05, 4.69) is 62.8 Å². The molecule has 0 radical (unpaired) electrons. The number of para-hydroxylation sites is 1. The molecule has 1 N–H and O–H groups in total. The van der Waals surface area contributed by atoms with Gasteiger partial charge < -0.3 is 5.32 Å². The third kappa shape index (κ3) is 3.52. The van der Waals surface area contributed by atoms with E-state index in [1.54, 1.807) is 6.20 Å². The zero-order chi connectivity index (χ0) is 15.4. The van der Waals surface area contributed by atoms with E-state index < -0.39 is 0 Å². The quantitative estimate of drug-likeness (QED) is 0.792. The summed E-state index contributed by atoms with van der Waals surface area (Å²) in [5.41, 5.74) is 5.53. The van der Waals surface area contributed by atoms with E-state index in [9.17, 15) is 0 Å². The van der Waals surface area contributed by atoms with E-state index >= 15 is 0 Å².